The fraction of sp³-hybridized carbons (Fsp3) is 0.409. The van der Waals surface area contributed by atoms with Gasteiger partial charge in [-0.3, -0.25) is 0 Å². The highest BCUT2D eigenvalue weighted by Gasteiger charge is 2.31. The van der Waals surface area contributed by atoms with Crippen LogP contribution in [0.4, 0.5) is 4.79 Å². The molecule has 0 amide bonds. The summed E-state index contributed by atoms with van der Waals surface area (Å²) in [5.74, 6) is -1.04. The van der Waals surface area contributed by atoms with Gasteiger partial charge in [-0.25, -0.2) is 14.4 Å². The van der Waals surface area contributed by atoms with E-state index in [2.05, 4.69) is 11.3 Å². The number of hydrogen-bond acceptors (Lipinski definition) is 8. The Kier molecular flexibility index (Phi) is 9.58. The number of benzene rings is 1. The van der Waals surface area contributed by atoms with Crippen molar-refractivity contribution in [3.05, 3.63) is 52.6 Å². The summed E-state index contributed by atoms with van der Waals surface area (Å²) in [7, 11) is 2.45. The topological polar surface area (TPSA) is 97.4 Å². The summed E-state index contributed by atoms with van der Waals surface area (Å²) in [4.78, 5) is 35.9. The summed E-state index contributed by atoms with van der Waals surface area (Å²) < 4.78 is 25.6. The molecule has 0 fully saturated rings. The molecule has 31 heavy (non-hydrogen) atoms. The molecule has 0 aliphatic heterocycles. The molecule has 0 radical (unpaired) electrons. The maximum Gasteiger partial charge on any atom is 0.509 e. The van der Waals surface area contributed by atoms with Gasteiger partial charge < -0.3 is 23.7 Å². The van der Waals surface area contributed by atoms with Gasteiger partial charge in [0.25, 0.3) is 0 Å². The van der Waals surface area contributed by atoms with Gasteiger partial charge in [0.1, 0.15) is 18.0 Å². The largest absolute Gasteiger partial charge is 0.509 e. The maximum atomic E-state index is 12.3. The third kappa shape index (κ3) is 8.33. The molecule has 0 bridgehead atoms. The number of ether oxygens (including phenoxy) is 5. The summed E-state index contributed by atoms with van der Waals surface area (Å²) in [6.45, 7) is 10.3. The Bertz CT molecular complexity index is 867. The lowest BCUT2D eigenvalue weighted by Gasteiger charge is -2.24. The van der Waals surface area contributed by atoms with Gasteiger partial charge in [-0.1, -0.05) is 18.2 Å². The highest BCUT2D eigenvalue weighted by Crippen LogP contribution is 2.35. The van der Waals surface area contributed by atoms with Gasteiger partial charge >= 0.3 is 18.1 Å². The van der Waals surface area contributed by atoms with Crippen LogP contribution >= 0.6 is 11.6 Å². The van der Waals surface area contributed by atoms with Crippen LogP contribution in [0.15, 0.2) is 42.0 Å². The summed E-state index contributed by atoms with van der Waals surface area (Å²) in [5, 5.41) is 0.305. The maximum absolute atomic E-state index is 12.3. The van der Waals surface area contributed by atoms with E-state index in [1.54, 1.807) is 33.8 Å². The molecule has 0 aromatic heterocycles. The molecule has 8 nitrogen and oxygen atoms in total. The van der Waals surface area contributed by atoms with Gasteiger partial charge in [0, 0.05) is 16.2 Å². The van der Waals surface area contributed by atoms with Crippen molar-refractivity contribution in [2.24, 2.45) is 0 Å². The van der Waals surface area contributed by atoms with Gasteiger partial charge in [0.05, 0.1) is 19.8 Å². The van der Waals surface area contributed by atoms with Crippen LogP contribution in [0.25, 0.3) is 0 Å². The molecule has 0 saturated heterocycles. The lowest BCUT2D eigenvalue weighted by atomic mass is 10.0. The molecule has 0 N–H and O–H groups in total. The summed E-state index contributed by atoms with van der Waals surface area (Å²) in [6, 6.07) is 4.56. The summed E-state index contributed by atoms with van der Waals surface area (Å²) in [5.41, 5.74) is -0.392. The second-order valence-corrected chi connectivity index (χ2v) is 7.79. The lowest BCUT2D eigenvalue weighted by Crippen LogP contribution is -2.27. The molecular weight excluding hydrogens is 428 g/mol. The van der Waals surface area contributed by atoms with Crippen LogP contribution in [-0.4, -0.2) is 44.5 Å². The minimum absolute atomic E-state index is 0.000572. The Morgan fingerprint density at radius 2 is 1.74 bits per heavy atom. The van der Waals surface area contributed by atoms with Crippen molar-refractivity contribution < 1.29 is 38.1 Å². The highest BCUT2D eigenvalue weighted by atomic mass is 35.5. The Morgan fingerprint density at radius 1 is 1.13 bits per heavy atom. The van der Waals surface area contributed by atoms with Crippen LogP contribution in [0.3, 0.4) is 0 Å². The second-order valence-electron chi connectivity index (χ2n) is 7.35. The zero-order valence-corrected chi connectivity index (χ0v) is 19.2. The summed E-state index contributed by atoms with van der Waals surface area (Å²) in [6.07, 6.45) is -0.792. The van der Waals surface area contributed by atoms with E-state index in [4.69, 9.17) is 30.5 Å². The van der Waals surface area contributed by atoms with Gasteiger partial charge in [0.15, 0.2) is 6.10 Å². The SMILES string of the molecule is C=C(C(=O)OC)C(OC(=O)OC(C)(C)C)c1cc(Cl)ccc1OC/C=C(\C)C(=O)OC. The first kappa shape index (κ1) is 26.0. The third-order valence-electron chi connectivity index (χ3n) is 3.76. The van der Waals surface area contributed by atoms with E-state index in [-0.39, 0.29) is 23.5 Å². The first-order chi connectivity index (χ1) is 14.4. The monoisotopic (exact) mass is 454 g/mol. The average molecular weight is 455 g/mol. The molecular formula is C22H27ClO8. The van der Waals surface area contributed by atoms with Crippen molar-refractivity contribution in [1.82, 2.24) is 0 Å². The first-order valence-corrected chi connectivity index (χ1v) is 9.61. The standard InChI is InChI=1S/C22H27ClO8/c1-13(19(24)27-6)10-11-29-17-9-8-15(23)12-16(17)18(14(2)20(25)28-7)30-21(26)31-22(3,4)5/h8-10,12,18H,2,11H2,1,3-7H3/b13-10+. The van der Waals surface area contributed by atoms with Crippen molar-refractivity contribution in [2.45, 2.75) is 39.4 Å². The second kappa shape index (κ2) is 11.4. The Labute approximate surface area is 186 Å². The minimum atomic E-state index is -1.29. The number of halogens is 1. The molecule has 9 heteroatoms. The quantitative estimate of drug-likeness (QED) is 0.320. The average Bonchev–Trinajstić information content (AvgIpc) is 2.69. The Morgan fingerprint density at radius 3 is 2.29 bits per heavy atom. The van der Waals surface area contributed by atoms with E-state index in [1.165, 1.54) is 32.4 Å². The number of methoxy groups -OCH3 is 2. The minimum Gasteiger partial charge on any atom is -0.489 e. The predicted molar refractivity (Wildman–Crippen MR) is 114 cm³/mol. The van der Waals surface area contributed by atoms with Crippen LogP contribution in [0, 0.1) is 0 Å². The molecule has 1 atom stereocenters. The molecule has 1 unspecified atom stereocenters. The molecule has 0 saturated carbocycles. The van der Waals surface area contributed by atoms with Crippen molar-refractivity contribution in [2.75, 3.05) is 20.8 Å². The molecule has 1 aromatic carbocycles. The molecule has 1 aromatic rings. The molecule has 0 aliphatic carbocycles. The first-order valence-electron chi connectivity index (χ1n) is 9.23. The molecule has 0 heterocycles. The zero-order chi connectivity index (χ0) is 23.8. The molecule has 0 spiro atoms. The van der Waals surface area contributed by atoms with Crippen LogP contribution < -0.4 is 4.74 Å². The van der Waals surface area contributed by atoms with Crippen molar-refractivity contribution in [3.63, 3.8) is 0 Å². The fourth-order valence-electron chi connectivity index (χ4n) is 2.29. The number of esters is 2. The van der Waals surface area contributed by atoms with E-state index in [1.807, 2.05) is 0 Å². The van der Waals surface area contributed by atoms with Crippen molar-refractivity contribution in [1.29, 1.82) is 0 Å². The van der Waals surface area contributed by atoms with Gasteiger partial charge in [-0.05, 0) is 52.0 Å². The smallest absolute Gasteiger partial charge is 0.489 e. The zero-order valence-electron chi connectivity index (χ0n) is 18.4. The normalized spacial score (nSPS) is 12.4. The van der Waals surface area contributed by atoms with Crippen molar-refractivity contribution >= 4 is 29.7 Å². The molecule has 0 aliphatic rings. The Balaban J connectivity index is 3.28. The molecule has 170 valence electrons. The van der Waals surface area contributed by atoms with Crippen LogP contribution in [-0.2, 0) is 28.5 Å². The highest BCUT2D eigenvalue weighted by molar-refractivity contribution is 6.30. The molecule has 1 rings (SSSR count). The predicted octanol–water partition coefficient (Wildman–Crippen LogP) is 4.56. The van der Waals surface area contributed by atoms with Crippen LogP contribution in [0.5, 0.6) is 5.75 Å². The van der Waals surface area contributed by atoms with E-state index < -0.39 is 29.8 Å². The number of carbonyl (C=O) groups excluding carboxylic acids is 3. The van der Waals surface area contributed by atoms with Gasteiger partial charge in [-0.2, -0.15) is 0 Å². The Hall–Kier alpha value is -3.00. The van der Waals surface area contributed by atoms with E-state index in [0.29, 0.717) is 10.6 Å². The van der Waals surface area contributed by atoms with Crippen molar-refractivity contribution in [3.8, 4) is 5.75 Å². The fourth-order valence-corrected chi connectivity index (χ4v) is 2.47. The van der Waals surface area contributed by atoms with Crippen LogP contribution in [0.2, 0.25) is 5.02 Å². The van der Waals surface area contributed by atoms with Gasteiger partial charge in [0.2, 0.25) is 0 Å². The third-order valence-corrected chi connectivity index (χ3v) is 3.99. The van der Waals surface area contributed by atoms with E-state index in [0.717, 1.165) is 0 Å². The van der Waals surface area contributed by atoms with E-state index >= 15 is 0 Å². The lowest BCUT2D eigenvalue weighted by molar-refractivity contribution is -0.138. The van der Waals surface area contributed by atoms with E-state index in [9.17, 15) is 14.4 Å². The number of rotatable bonds is 8. The summed E-state index contributed by atoms with van der Waals surface area (Å²) >= 11 is 6.12. The number of hydrogen-bond donors (Lipinski definition) is 0. The van der Waals surface area contributed by atoms with Crippen LogP contribution in [0.1, 0.15) is 39.4 Å². The number of carbonyl (C=O) groups is 3. The van der Waals surface area contributed by atoms with Gasteiger partial charge in [-0.15, -0.1) is 0 Å².